The molecule has 0 unspecified atom stereocenters. The number of nitrogens with one attached hydrogen (secondary N) is 1. The molecule has 1 spiro atoms. The summed E-state index contributed by atoms with van der Waals surface area (Å²) in [6.45, 7) is 0.484. The van der Waals surface area contributed by atoms with Gasteiger partial charge in [-0.05, 0) is 24.3 Å². The van der Waals surface area contributed by atoms with Crippen LogP contribution in [0, 0.1) is 0 Å². The van der Waals surface area contributed by atoms with Crippen molar-refractivity contribution in [3.05, 3.63) is 0 Å². The van der Waals surface area contributed by atoms with Gasteiger partial charge < -0.3 is 5.32 Å². The SMILES string of the molecule is FC1(F)CCNC2(CCSCC2)C1. The largest absolute Gasteiger partial charge is 0.311 e. The van der Waals surface area contributed by atoms with Crippen LogP contribution in [-0.2, 0) is 0 Å². The minimum atomic E-state index is -2.42. The number of hydrogen-bond acceptors (Lipinski definition) is 2. The number of hydrogen-bond donors (Lipinski definition) is 1. The van der Waals surface area contributed by atoms with E-state index >= 15 is 0 Å². The predicted octanol–water partition coefficient (Wildman–Crippen LogP) is 2.27. The van der Waals surface area contributed by atoms with Crippen molar-refractivity contribution >= 4 is 11.8 Å². The maximum absolute atomic E-state index is 13.2. The monoisotopic (exact) mass is 207 g/mol. The minimum absolute atomic E-state index is 0.0158. The number of halogens is 2. The van der Waals surface area contributed by atoms with Gasteiger partial charge in [-0.2, -0.15) is 11.8 Å². The van der Waals surface area contributed by atoms with Gasteiger partial charge in [-0.3, -0.25) is 0 Å². The van der Waals surface area contributed by atoms with Crippen molar-refractivity contribution in [2.24, 2.45) is 0 Å². The van der Waals surface area contributed by atoms with Crippen LogP contribution in [0.4, 0.5) is 8.78 Å². The molecular formula is C9H15F2NS. The molecule has 2 heterocycles. The molecule has 13 heavy (non-hydrogen) atoms. The molecule has 2 aliphatic rings. The summed E-state index contributed by atoms with van der Waals surface area (Å²) in [4.78, 5) is 0. The molecule has 0 amide bonds. The summed E-state index contributed by atoms with van der Waals surface area (Å²) in [5.74, 6) is -0.362. The number of thioether (sulfide) groups is 1. The predicted molar refractivity (Wildman–Crippen MR) is 51.5 cm³/mol. The first kappa shape index (κ1) is 9.71. The lowest BCUT2D eigenvalue weighted by atomic mass is 9.82. The Morgan fingerprint density at radius 1 is 1.08 bits per heavy atom. The Labute approximate surface area is 81.7 Å². The van der Waals surface area contributed by atoms with Crippen molar-refractivity contribution in [3.63, 3.8) is 0 Å². The van der Waals surface area contributed by atoms with E-state index in [1.54, 1.807) is 0 Å². The first-order chi connectivity index (χ1) is 6.12. The van der Waals surface area contributed by atoms with E-state index in [0.717, 1.165) is 24.3 Å². The molecule has 0 saturated carbocycles. The van der Waals surface area contributed by atoms with Gasteiger partial charge in [-0.25, -0.2) is 8.78 Å². The van der Waals surface area contributed by atoms with Gasteiger partial charge in [-0.15, -0.1) is 0 Å². The van der Waals surface area contributed by atoms with Crippen LogP contribution in [0.1, 0.15) is 25.7 Å². The van der Waals surface area contributed by atoms with E-state index in [4.69, 9.17) is 0 Å². The molecule has 2 rings (SSSR count). The van der Waals surface area contributed by atoms with Crippen LogP contribution in [0.15, 0.2) is 0 Å². The van der Waals surface area contributed by atoms with Gasteiger partial charge in [-0.1, -0.05) is 0 Å². The zero-order valence-electron chi connectivity index (χ0n) is 7.61. The molecule has 0 aromatic rings. The van der Waals surface area contributed by atoms with E-state index in [9.17, 15) is 8.78 Å². The van der Waals surface area contributed by atoms with Crippen LogP contribution in [0.25, 0.3) is 0 Å². The second kappa shape index (κ2) is 3.39. The fourth-order valence-corrected chi connectivity index (χ4v) is 3.55. The van der Waals surface area contributed by atoms with Crippen molar-refractivity contribution in [3.8, 4) is 0 Å². The lowest BCUT2D eigenvalue weighted by Crippen LogP contribution is -2.56. The molecule has 0 bridgehead atoms. The highest BCUT2D eigenvalue weighted by Crippen LogP contribution is 2.40. The number of rotatable bonds is 0. The Hall–Kier alpha value is 0.170. The second-order valence-electron chi connectivity index (χ2n) is 4.10. The molecule has 0 atom stereocenters. The summed E-state index contributed by atoms with van der Waals surface area (Å²) in [7, 11) is 0. The Morgan fingerprint density at radius 3 is 2.38 bits per heavy atom. The fraction of sp³-hybridized carbons (Fsp3) is 1.00. The number of alkyl halides is 2. The lowest BCUT2D eigenvalue weighted by molar-refractivity contribution is -0.0650. The maximum atomic E-state index is 13.2. The number of piperidine rings is 1. The first-order valence-corrected chi connectivity index (χ1v) is 5.98. The van der Waals surface area contributed by atoms with Crippen LogP contribution in [0.2, 0.25) is 0 Å². The van der Waals surface area contributed by atoms with Crippen LogP contribution in [0.5, 0.6) is 0 Å². The molecule has 2 aliphatic heterocycles. The molecular weight excluding hydrogens is 192 g/mol. The molecule has 0 aromatic heterocycles. The molecule has 76 valence electrons. The molecule has 1 nitrogen and oxygen atoms in total. The van der Waals surface area contributed by atoms with Crippen molar-refractivity contribution < 1.29 is 8.78 Å². The molecule has 0 aliphatic carbocycles. The minimum Gasteiger partial charge on any atom is -0.311 e. The van der Waals surface area contributed by atoms with Crippen LogP contribution in [0.3, 0.4) is 0 Å². The summed E-state index contributed by atoms with van der Waals surface area (Å²) in [6.07, 6.45) is 1.89. The van der Waals surface area contributed by atoms with Crippen molar-refractivity contribution in [1.29, 1.82) is 0 Å². The Morgan fingerprint density at radius 2 is 1.77 bits per heavy atom. The van der Waals surface area contributed by atoms with Crippen LogP contribution >= 0.6 is 11.8 Å². The smallest absolute Gasteiger partial charge is 0.251 e. The Balaban J connectivity index is 2.04. The zero-order valence-corrected chi connectivity index (χ0v) is 8.43. The summed E-state index contributed by atoms with van der Waals surface area (Å²) in [5, 5.41) is 3.30. The van der Waals surface area contributed by atoms with E-state index in [0.29, 0.717) is 6.54 Å². The summed E-state index contributed by atoms with van der Waals surface area (Å²) >= 11 is 1.88. The standard InChI is InChI=1S/C9H15F2NS/c10-9(11)1-4-12-8(7-9)2-5-13-6-3-8/h12H,1-7H2. The van der Waals surface area contributed by atoms with Crippen LogP contribution < -0.4 is 5.32 Å². The maximum Gasteiger partial charge on any atom is 0.251 e. The third-order valence-corrected chi connectivity index (χ3v) is 4.02. The van der Waals surface area contributed by atoms with Crippen molar-refractivity contribution in [1.82, 2.24) is 5.32 Å². The zero-order chi connectivity index (χ0) is 9.36. The quantitative estimate of drug-likeness (QED) is 0.654. The van der Waals surface area contributed by atoms with Gasteiger partial charge in [0.25, 0.3) is 5.92 Å². The molecule has 1 N–H and O–H groups in total. The molecule has 2 fully saturated rings. The normalized spacial score (nSPS) is 31.8. The van der Waals surface area contributed by atoms with Gasteiger partial charge >= 0.3 is 0 Å². The molecule has 4 heteroatoms. The highest BCUT2D eigenvalue weighted by molar-refractivity contribution is 7.99. The van der Waals surface area contributed by atoms with E-state index in [-0.39, 0.29) is 18.4 Å². The third-order valence-electron chi connectivity index (χ3n) is 3.04. The van der Waals surface area contributed by atoms with E-state index < -0.39 is 5.92 Å². The Bertz CT molecular complexity index is 185. The summed E-state index contributed by atoms with van der Waals surface area (Å²) in [6, 6.07) is 0. The van der Waals surface area contributed by atoms with E-state index in [1.807, 2.05) is 11.8 Å². The van der Waals surface area contributed by atoms with Crippen LogP contribution in [-0.4, -0.2) is 29.5 Å². The average molecular weight is 207 g/mol. The first-order valence-electron chi connectivity index (χ1n) is 4.83. The van der Waals surface area contributed by atoms with E-state index in [2.05, 4.69) is 5.32 Å². The molecule has 0 radical (unpaired) electrons. The second-order valence-corrected chi connectivity index (χ2v) is 5.33. The van der Waals surface area contributed by atoms with Gasteiger partial charge in [0.15, 0.2) is 0 Å². The van der Waals surface area contributed by atoms with E-state index in [1.165, 1.54) is 0 Å². The van der Waals surface area contributed by atoms with Gasteiger partial charge in [0, 0.05) is 24.9 Å². The highest BCUT2D eigenvalue weighted by atomic mass is 32.2. The average Bonchev–Trinajstić information content (AvgIpc) is 2.03. The molecule has 2 saturated heterocycles. The topological polar surface area (TPSA) is 12.0 Å². The van der Waals surface area contributed by atoms with Gasteiger partial charge in [0.05, 0.1) is 0 Å². The van der Waals surface area contributed by atoms with Gasteiger partial charge in [0.1, 0.15) is 0 Å². The lowest BCUT2D eigenvalue weighted by Gasteiger charge is -2.44. The molecule has 0 aromatic carbocycles. The highest BCUT2D eigenvalue weighted by Gasteiger charge is 2.45. The summed E-state index contributed by atoms with van der Waals surface area (Å²) < 4.78 is 26.4. The Kier molecular flexibility index (Phi) is 2.53. The van der Waals surface area contributed by atoms with Crippen molar-refractivity contribution in [2.75, 3.05) is 18.1 Å². The van der Waals surface area contributed by atoms with Gasteiger partial charge in [0.2, 0.25) is 0 Å². The van der Waals surface area contributed by atoms with Crippen molar-refractivity contribution in [2.45, 2.75) is 37.1 Å². The fourth-order valence-electron chi connectivity index (χ4n) is 2.27. The summed E-state index contributed by atoms with van der Waals surface area (Å²) in [5.41, 5.74) is -0.229. The third kappa shape index (κ3) is 2.15.